The average molecular weight is 246 g/mol. The Morgan fingerprint density at radius 3 is 2.94 bits per heavy atom. The summed E-state index contributed by atoms with van der Waals surface area (Å²) in [7, 11) is 0. The molecule has 0 spiro atoms. The van der Waals surface area contributed by atoms with Gasteiger partial charge in [0, 0.05) is 6.61 Å². The summed E-state index contributed by atoms with van der Waals surface area (Å²) in [5, 5.41) is 18.3. The number of aliphatic hydroxyl groups excluding tert-OH is 1. The predicted molar refractivity (Wildman–Crippen MR) is 63.8 cm³/mol. The van der Waals surface area contributed by atoms with Gasteiger partial charge in [-0.2, -0.15) is 5.26 Å². The molecule has 1 aromatic rings. The number of hydrogen-bond donors (Lipinski definition) is 2. The third-order valence-corrected chi connectivity index (χ3v) is 3.08. The molecule has 94 valence electrons. The lowest BCUT2D eigenvalue weighted by atomic mass is 10.0. The van der Waals surface area contributed by atoms with Gasteiger partial charge in [-0.05, 0) is 42.0 Å². The summed E-state index contributed by atoms with van der Waals surface area (Å²) in [6, 6.07) is 5.55. The second-order valence-corrected chi connectivity index (χ2v) is 4.43. The van der Waals surface area contributed by atoms with Gasteiger partial charge in [0.2, 0.25) is 0 Å². The van der Waals surface area contributed by atoms with E-state index in [1.165, 1.54) is 0 Å². The number of rotatable bonds is 4. The van der Waals surface area contributed by atoms with E-state index in [4.69, 9.17) is 15.7 Å². The molecule has 0 aliphatic heterocycles. The van der Waals surface area contributed by atoms with Gasteiger partial charge in [0.1, 0.15) is 5.75 Å². The van der Waals surface area contributed by atoms with Crippen molar-refractivity contribution in [2.24, 2.45) is 11.7 Å². The molecule has 1 amide bonds. The molecule has 5 nitrogen and oxygen atoms in total. The fourth-order valence-corrected chi connectivity index (χ4v) is 2.26. The molecule has 5 heteroatoms. The summed E-state index contributed by atoms with van der Waals surface area (Å²) in [6.07, 6.45) is 1.44. The molecule has 0 fully saturated rings. The Hall–Kier alpha value is -2.06. The number of nitrogens with two attached hydrogens (primary N) is 1. The topological polar surface area (TPSA) is 96.3 Å². The zero-order chi connectivity index (χ0) is 13.1. The number of ether oxygens (including phenoxy) is 1. The molecule has 0 saturated carbocycles. The van der Waals surface area contributed by atoms with Crippen LogP contribution in [0.15, 0.2) is 12.1 Å². The minimum atomic E-state index is -0.553. The maximum atomic E-state index is 10.7. The van der Waals surface area contributed by atoms with Crippen molar-refractivity contribution >= 4 is 5.91 Å². The highest BCUT2D eigenvalue weighted by molar-refractivity contribution is 5.75. The summed E-state index contributed by atoms with van der Waals surface area (Å²) in [6.45, 7) is -0.0931. The number of fused-ring (bicyclic) bond motifs is 1. The van der Waals surface area contributed by atoms with Crippen molar-refractivity contribution in [1.29, 1.82) is 5.26 Å². The van der Waals surface area contributed by atoms with Gasteiger partial charge in [0.25, 0.3) is 5.91 Å². The Labute approximate surface area is 105 Å². The molecule has 1 aromatic carbocycles. The van der Waals surface area contributed by atoms with Crippen LogP contribution in [0, 0.1) is 17.2 Å². The molecule has 0 radical (unpaired) electrons. The number of nitrogens with zero attached hydrogens (tertiary/aromatic N) is 1. The van der Waals surface area contributed by atoms with Crippen molar-refractivity contribution in [2.75, 3.05) is 13.2 Å². The first-order chi connectivity index (χ1) is 8.63. The van der Waals surface area contributed by atoms with Gasteiger partial charge in [-0.3, -0.25) is 4.79 Å². The molecule has 0 aromatic heterocycles. The fraction of sp³-hybridized carbons (Fsp3) is 0.385. The van der Waals surface area contributed by atoms with Gasteiger partial charge < -0.3 is 15.6 Å². The third kappa shape index (κ3) is 2.44. The number of nitriles is 1. The van der Waals surface area contributed by atoms with E-state index in [2.05, 4.69) is 6.07 Å². The predicted octanol–water partition coefficient (Wildman–Crippen LogP) is 0.129. The molecule has 0 heterocycles. The van der Waals surface area contributed by atoms with Gasteiger partial charge >= 0.3 is 0 Å². The standard InChI is InChI=1S/C13H14N2O3/c14-5-10-4-11(18-7-13(15)17)3-9-1-8(6-16)2-12(9)10/h3-4,8,16H,1-2,6-7H2,(H2,15,17). The second-order valence-electron chi connectivity index (χ2n) is 4.43. The molecule has 1 atom stereocenters. The van der Waals surface area contributed by atoms with Crippen LogP contribution in [0.2, 0.25) is 0 Å². The van der Waals surface area contributed by atoms with E-state index in [0.29, 0.717) is 17.7 Å². The first-order valence-corrected chi connectivity index (χ1v) is 5.72. The van der Waals surface area contributed by atoms with Crippen LogP contribution in [0.3, 0.4) is 0 Å². The zero-order valence-electron chi connectivity index (χ0n) is 9.85. The molecular formula is C13H14N2O3. The van der Waals surface area contributed by atoms with Crippen LogP contribution in [0.5, 0.6) is 5.75 Å². The third-order valence-electron chi connectivity index (χ3n) is 3.08. The van der Waals surface area contributed by atoms with E-state index in [-0.39, 0.29) is 19.1 Å². The first kappa shape index (κ1) is 12.4. The number of primary amides is 1. The molecule has 1 aliphatic rings. The van der Waals surface area contributed by atoms with Crippen LogP contribution in [-0.2, 0) is 17.6 Å². The largest absolute Gasteiger partial charge is 0.484 e. The summed E-state index contributed by atoms with van der Waals surface area (Å²) in [5.74, 6) is 0.0865. The number of amides is 1. The Bertz CT molecular complexity index is 520. The summed E-state index contributed by atoms with van der Waals surface area (Å²) >= 11 is 0. The van der Waals surface area contributed by atoms with Gasteiger partial charge in [0.05, 0.1) is 11.6 Å². The van der Waals surface area contributed by atoms with E-state index < -0.39 is 5.91 Å². The monoisotopic (exact) mass is 246 g/mol. The number of carbonyl (C=O) groups excluding carboxylic acids is 1. The van der Waals surface area contributed by atoms with Crippen LogP contribution < -0.4 is 10.5 Å². The lowest BCUT2D eigenvalue weighted by molar-refractivity contribution is -0.119. The van der Waals surface area contributed by atoms with Crippen LogP contribution in [0.1, 0.15) is 16.7 Å². The Morgan fingerprint density at radius 2 is 2.33 bits per heavy atom. The molecule has 18 heavy (non-hydrogen) atoms. The van der Waals surface area contributed by atoms with Crippen molar-refractivity contribution in [1.82, 2.24) is 0 Å². The molecule has 0 saturated heterocycles. The molecular weight excluding hydrogens is 232 g/mol. The number of carbonyl (C=O) groups is 1. The van der Waals surface area contributed by atoms with E-state index in [9.17, 15) is 9.90 Å². The van der Waals surface area contributed by atoms with Gasteiger partial charge in [-0.15, -0.1) is 0 Å². The van der Waals surface area contributed by atoms with Crippen molar-refractivity contribution < 1.29 is 14.6 Å². The van der Waals surface area contributed by atoms with E-state index in [0.717, 1.165) is 17.5 Å². The zero-order valence-corrected chi connectivity index (χ0v) is 9.85. The van der Waals surface area contributed by atoms with Crippen molar-refractivity contribution in [2.45, 2.75) is 12.8 Å². The van der Waals surface area contributed by atoms with Crippen molar-refractivity contribution in [3.05, 3.63) is 28.8 Å². The highest BCUT2D eigenvalue weighted by Gasteiger charge is 2.24. The van der Waals surface area contributed by atoms with Crippen LogP contribution in [-0.4, -0.2) is 24.2 Å². The minimum Gasteiger partial charge on any atom is -0.484 e. The Kier molecular flexibility index (Phi) is 3.49. The Morgan fingerprint density at radius 1 is 1.56 bits per heavy atom. The first-order valence-electron chi connectivity index (χ1n) is 5.72. The van der Waals surface area contributed by atoms with Crippen LogP contribution in [0.4, 0.5) is 0 Å². The number of benzene rings is 1. The van der Waals surface area contributed by atoms with E-state index >= 15 is 0 Å². The maximum absolute atomic E-state index is 10.7. The molecule has 2 rings (SSSR count). The molecule has 1 aliphatic carbocycles. The smallest absolute Gasteiger partial charge is 0.255 e. The lowest BCUT2D eigenvalue weighted by Crippen LogP contribution is -2.20. The average Bonchev–Trinajstić information content (AvgIpc) is 2.78. The second kappa shape index (κ2) is 5.07. The van der Waals surface area contributed by atoms with Crippen LogP contribution in [0.25, 0.3) is 0 Å². The molecule has 0 bridgehead atoms. The van der Waals surface area contributed by atoms with E-state index in [1.807, 2.05) is 6.07 Å². The van der Waals surface area contributed by atoms with Crippen LogP contribution >= 0.6 is 0 Å². The van der Waals surface area contributed by atoms with Gasteiger partial charge in [-0.1, -0.05) is 0 Å². The lowest BCUT2D eigenvalue weighted by Gasteiger charge is -2.07. The number of aliphatic hydroxyl groups is 1. The quantitative estimate of drug-likeness (QED) is 0.789. The summed E-state index contributed by atoms with van der Waals surface area (Å²) in [5.41, 5.74) is 7.53. The Balaban J connectivity index is 2.27. The summed E-state index contributed by atoms with van der Waals surface area (Å²) in [4.78, 5) is 10.7. The van der Waals surface area contributed by atoms with Gasteiger partial charge in [-0.25, -0.2) is 0 Å². The highest BCUT2D eigenvalue weighted by atomic mass is 16.5. The summed E-state index contributed by atoms with van der Waals surface area (Å²) < 4.78 is 5.22. The number of hydrogen-bond acceptors (Lipinski definition) is 4. The normalized spacial score (nSPS) is 17.0. The van der Waals surface area contributed by atoms with Crippen molar-refractivity contribution in [3.8, 4) is 11.8 Å². The maximum Gasteiger partial charge on any atom is 0.255 e. The fourth-order valence-electron chi connectivity index (χ4n) is 2.26. The molecule has 1 unspecified atom stereocenters. The van der Waals surface area contributed by atoms with Crippen molar-refractivity contribution in [3.63, 3.8) is 0 Å². The molecule has 3 N–H and O–H groups in total. The van der Waals surface area contributed by atoms with Gasteiger partial charge in [0.15, 0.2) is 6.61 Å². The minimum absolute atomic E-state index is 0.108. The highest BCUT2D eigenvalue weighted by Crippen LogP contribution is 2.32. The SMILES string of the molecule is N#Cc1cc(OCC(N)=O)cc2c1CC(CO)C2. The van der Waals surface area contributed by atoms with E-state index in [1.54, 1.807) is 6.07 Å².